The smallest absolute Gasteiger partial charge is 0.276 e. The van der Waals surface area contributed by atoms with Gasteiger partial charge in [-0.25, -0.2) is 9.97 Å². The molecule has 0 radical (unpaired) electrons. The van der Waals surface area contributed by atoms with Crippen molar-refractivity contribution in [2.24, 2.45) is 0 Å². The minimum absolute atomic E-state index is 0.126. The molecular weight excluding hydrogens is 268 g/mol. The Morgan fingerprint density at radius 1 is 1.29 bits per heavy atom. The summed E-state index contributed by atoms with van der Waals surface area (Å²) < 4.78 is 1.76. The van der Waals surface area contributed by atoms with Crippen molar-refractivity contribution < 1.29 is 4.79 Å². The van der Waals surface area contributed by atoms with Crippen LogP contribution in [0.5, 0.6) is 0 Å². The Balaban J connectivity index is 2.21. The molecule has 3 N–H and O–H groups in total. The lowest BCUT2D eigenvalue weighted by Gasteiger charge is -2.08. The second-order valence-corrected chi connectivity index (χ2v) is 5.44. The quantitative estimate of drug-likeness (QED) is 0.898. The number of carbonyl (C=O) groups excluding carboxylic acids is 1. The number of aromatic nitrogens is 4. The summed E-state index contributed by atoms with van der Waals surface area (Å²) in [4.78, 5) is 20.6. The summed E-state index contributed by atoms with van der Waals surface area (Å²) in [6, 6.07) is 0.229. The van der Waals surface area contributed by atoms with E-state index in [4.69, 9.17) is 5.73 Å². The van der Waals surface area contributed by atoms with Gasteiger partial charge in [0.25, 0.3) is 5.91 Å². The molecule has 0 unspecified atom stereocenters. The normalized spacial score (nSPS) is 11.1. The maximum Gasteiger partial charge on any atom is 0.276 e. The third-order valence-electron chi connectivity index (χ3n) is 2.96. The summed E-state index contributed by atoms with van der Waals surface area (Å²) in [7, 11) is 0. The molecule has 2 aromatic heterocycles. The second kappa shape index (κ2) is 5.90. The molecule has 0 aliphatic rings. The van der Waals surface area contributed by atoms with E-state index in [1.165, 1.54) is 6.20 Å². The Morgan fingerprint density at radius 3 is 2.57 bits per heavy atom. The van der Waals surface area contributed by atoms with Crippen LogP contribution in [0.3, 0.4) is 0 Å². The zero-order valence-corrected chi connectivity index (χ0v) is 12.7. The monoisotopic (exact) mass is 288 g/mol. The van der Waals surface area contributed by atoms with E-state index in [1.54, 1.807) is 17.1 Å². The molecule has 112 valence electrons. The average Bonchev–Trinajstić information content (AvgIpc) is 2.87. The highest BCUT2D eigenvalue weighted by Crippen LogP contribution is 2.16. The first-order chi connectivity index (χ1) is 9.88. The number of nitrogen functional groups attached to an aromatic ring is 1. The van der Waals surface area contributed by atoms with Crippen LogP contribution in [0.1, 0.15) is 56.0 Å². The number of nitrogens with zero attached hydrogens (tertiary/aromatic N) is 4. The van der Waals surface area contributed by atoms with E-state index < -0.39 is 0 Å². The molecule has 7 heteroatoms. The summed E-state index contributed by atoms with van der Waals surface area (Å²) in [5.41, 5.74) is 6.84. The summed E-state index contributed by atoms with van der Waals surface area (Å²) in [6.45, 7) is 7.94. The fourth-order valence-electron chi connectivity index (χ4n) is 1.74. The Kier molecular flexibility index (Phi) is 4.21. The number of nitrogens with two attached hydrogens (primary N) is 1. The van der Waals surface area contributed by atoms with Crippen molar-refractivity contribution in [3.8, 4) is 0 Å². The van der Waals surface area contributed by atoms with E-state index in [-0.39, 0.29) is 29.2 Å². The van der Waals surface area contributed by atoms with Gasteiger partial charge in [0.15, 0.2) is 5.69 Å². The molecule has 7 nitrogen and oxygen atoms in total. The van der Waals surface area contributed by atoms with Gasteiger partial charge in [0, 0.05) is 18.2 Å². The van der Waals surface area contributed by atoms with Crippen LogP contribution < -0.4 is 11.1 Å². The molecular formula is C14H20N6O. The Morgan fingerprint density at radius 2 is 2.00 bits per heavy atom. The fourth-order valence-corrected chi connectivity index (χ4v) is 1.74. The lowest BCUT2D eigenvalue weighted by Crippen LogP contribution is -2.17. The highest BCUT2D eigenvalue weighted by atomic mass is 16.1. The zero-order chi connectivity index (χ0) is 15.6. The molecule has 0 aromatic carbocycles. The molecule has 1 amide bonds. The number of nitrogens with one attached hydrogen (secondary N) is 1. The van der Waals surface area contributed by atoms with E-state index >= 15 is 0 Å². The van der Waals surface area contributed by atoms with E-state index in [0.717, 1.165) is 0 Å². The van der Waals surface area contributed by atoms with Crippen molar-refractivity contribution in [2.75, 3.05) is 11.1 Å². The van der Waals surface area contributed by atoms with Gasteiger partial charge in [-0.15, -0.1) is 0 Å². The molecule has 2 rings (SSSR count). The minimum atomic E-state index is -0.361. The van der Waals surface area contributed by atoms with E-state index in [2.05, 4.69) is 20.4 Å². The summed E-state index contributed by atoms with van der Waals surface area (Å²) >= 11 is 0. The lowest BCUT2D eigenvalue weighted by atomic mass is 10.2. The molecule has 0 aliphatic heterocycles. The average molecular weight is 288 g/mol. The van der Waals surface area contributed by atoms with Crippen LogP contribution in [0, 0.1) is 0 Å². The first kappa shape index (κ1) is 15.0. The summed E-state index contributed by atoms with van der Waals surface area (Å²) in [5.74, 6) is 0.355. The topological polar surface area (TPSA) is 98.7 Å². The van der Waals surface area contributed by atoms with E-state index in [9.17, 15) is 4.79 Å². The molecule has 0 bridgehead atoms. The van der Waals surface area contributed by atoms with Crippen LogP contribution in [-0.4, -0.2) is 25.7 Å². The predicted octanol–water partition coefficient (Wildman–Crippen LogP) is 2.21. The van der Waals surface area contributed by atoms with Crippen molar-refractivity contribution in [3.05, 3.63) is 30.1 Å². The zero-order valence-electron chi connectivity index (χ0n) is 12.7. The van der Waals surface area contributed by atoms with Crippen molar-refractivity contribution in [1.29, 1.82) is 0 Å². The highest BCUT2D eigenvalue weighted by Gasteiger charge is 2.16. The van der Waals surface area contributed by atoms with Crippen molar-refractivity contribution in [1.82, 2.24) is 19.7 Å². The number of hydrogen-bond acceptors (Lipinski definition) is 5. The number of carbonyl (C=O) groups is 1. The number of hydrogen-bond donors (Lipinski definition) is 2. The fraction of sp³-hybridized carbons (Fsp3) is 0.429. The molecule has 2 heterocycles. The summed E-state index contributed by atoms with van der Waals surface area (Å²) in [6.07, 6.45) is 4.83. The molecule has 2 aromatic rings. The third kappa shape index (κ3) is 3.36. The van der Waals surface area contributed by atoms with E-state index in [1.807, 2.05) is 27.7 Å². The van der Waals surface area contributed by atoms with Gasteiger partial charge in [0.05, 0.1) is 23.8 Å². The van der Waals surface area contributed by atoms with Gasteiger partial charge < -0.3 is 11.1 Å². The van der Waals surface area contributed by atoms with Crippen LogP contribution in [0.2, 0.25) is 0 Å². The first-order valence-electron chi connectivity index (χ1n) is 6.86. The molecule has 0 saturated carbocycles. The van der Waals surface area contributed by atoms with Gasteiger partial charge in [-0.2, -0.15) is 5.10 Å². The highest BCUT2D eigenvalue weighted by molar-refractivity contribution is 6.05. The largest absolute Gasteiger partial charge is 0.396 e. The summed E-state index contributed by atoms with van der Waals surface area (Å²) in [5, 5.41) is 6.92. The molecule has 0 saturated heterocycles. The lowest BCUT2D eigenvalue weighted by molar-refractivity contribution is 0.102. The second-order valence-electron chi connectivity index (χ2n) is 5.44. The van der Waals surface area contributed by atoms with Gasteiger partial charge in [-0.3, -0.25) is 9.48 Å². The van der Waals surface area contributed by atoms with Gasteiger partial charge in [-0.05, 0) is 13.8 Å². The van der Waals surface area contributed by atoms with Gasteiger partial charge in [0.1, 0.15) is 5.82 Å². The van der Waals surface area contributed by atoms with Crippen LogP contribution in [0.25, 0.3) is 0 Å². The van der Waals surface area contributed by atoms with E-state index in [0.29, 0.717) is 11.5 Å². The Bertz CT molecular complexity index is 647. The van der Waals surface area contributed by atoms with Crippen LogP contribution in [0.15, 0.2) is 18.6 Å². The number of anilines is 2. The predicted molar refractivity (Wildman–Crippen MR) is 81.1 cm³/mol. The standard InChI is InChI=1S/C14H20N6O/c1-8(2)13-16-6-11(15)12(19-13)14(21)18-10-5-17-20(7-10)9(3)4/h5-9H,15H2,1-4H3,(H,18,21). The molecule has 0 atom stereocenters. The SMILES string of the molecule is CC(C)c1ncc(N)c(C(=O)Nc2cnn(C(C)C)c2)n1. The maximum absolute atomic E-state index is 12.3. The van der Waals surface area contributed by atoms with Crippen LogP contribution >= 0.6 is 0 Å². The van der Waals surface area contributed by atoms with Gasteiger partial charge in [0.2, 0.25) is 0 Å². The Labute approximate surface area is 123 Å². The third-order valence-corrected chi connectivity index (χ3v) is 2.96. The molecule has 0 aliphatic carbocycles. The van der Waals surface area contributed by atoms with Gasteiger partial charge >= 0.3 is 0 Å². The number of amides is 1. The van der Waals surface area contributed by atoms with Crippen molar-refractivity contribution in [2.45, 2.75) is 39.7 Å². The van der Waals surface area contributed by atoms with Crippen molar-refractivity contribution in [3.63, 3.8) is 0 Å². The van der Waals surface area contributed by atoms with Crippen LogP contribution in [-0.2, 0) is 0 Å². The maximum atomic E-state index is 12.3. The minimum Gasteiger partial charge on any atom is -0.396 e. The van der Waals surface area contributed by atoms with Crippen molar-refractivity contribution >= 4 is 17.3 Å². The molecule has 21 heavy (non-hydrogen) atoms. The van der Waals surface area contributed by atoms with Gasteiger partial charge in [-0.1, -0.05) is 13.8 Å². The van der Waals surface area contributed by atoms with Crippen LogP contribution in [0.4, 0.5) is 11.4 Å². The molecule has 0 fully saturated rings. The first-order valence-corrected chi connectivity index (χ1v) is 6.86. The number of rotatable bonds is 4. The molecule has 0 spiro atoms. The Hall–Kier alpha value is -2.44.